The van der Waals surface area contributed by atoms with Crippen LogP contribution in [0.5, 0.6) is 0 Å². The molecular formula is C6H12O6. The Morgan fingerprint density at radius 1 is 0.917 bits per heavy atom. The fraction of sp³-hybridized carbons (Fsp3) is 1.00. The molecule has 5 atom stereocenters. The molecule has 0 aromatic rings. The van der Waals surface area contributed by atoms with Crippen LogP contribution in [0.2, 0.25) is 0 Å². The van der Waals surface area contributed by atoms with Crippen molar-refractivity contribution in [1.82, 2.24) is 0 Å². The summed E-state index contributed by atoms with van der Waals surface area (Å²) in [4.78, 5) is 0. The van der Waals surface area contributed by atoms with Crippen LogP contribution in [0.25, 0.3) is 0 Å². The van der Waals surface area contributed by atoms with E-state index in [4.69, 9.17) is 25.5 Å². The Hall–Kier alpha value is -0.240. The van der Waals surface area contributed by atoms with Gasteiger partial charge >= 0.3 is 0 Å². The lowest BCUT2D eigenvalue weighted by molar-refractivity contribution is -0.286. The maximum atomic E-state index is 9.12. The summed E-state index contributed by atoms with van der Waals surface area (Å²) in [7, 11) is 0. The summed E-state index contributed by atoms with van der Waals surface area (Å²) >= 11 is 0. The Morgan fingerprint density at radius 2 is 1.50 bits per heavy atom. The molecule has 1 saturated heterocycles. The van der Waals surface area contributed by atoms with E-state index in [1.165, 1.54) is 0 Å². The van der Waals surface area contributed by atoms with Crippen LogP contribution < -0.4 is 0 Å². The van der Waals surface area contributed by atoms with E-state index in [-0.39, 0.29) is 0 Å². The predicted octanol–water partition coefficient (Wildman–Crippen LogP) is -3.22. The number of hydrogen-bond acceptors (Lipinski definition) is 6. The summed E-state index contributed by atoms with van der Waals surface area (Å²) in [5.41, 5.74) is 0. The minimum Gasteiger partial charge on any atom is -0.394 e. The van der Waals surface area contributed by atoms with Crippen molar-refractivity contribution < 1.29 is 30.3 Å². The first-order valence-corrected chi connectivity index (χ1v) is 3.56. The quantitative estimate of drug-likeness (QED) is 0.290. The van der Waals surface area contributed by atoms with Crippen molar-refractivity contribution in [3.05, 3.63) is 0 Å². The van der Waals surface area contributed by atoms with Gasteiger partial charge in [0, 0.05) is 0 Å². The Labute approximate surface area is 68.6 Å². The summed E-state index contributed by atoms with van der Waals surface area (Å²) in [6.45, 7) is -0.526. The predicted molar refractivity (Wildman–Crippen MR) is 36.0 cm³/mol. The van der Waals surface area contributed by atoms with Gasteiger partial charge in [-0.15, -0.1) is 0 Å². The summed E-state index contributed by atoms with van der Waals surface area (Å²) < 4.78 is 4.58. The van der Waals surface area contributed by atoms with Gasteiger partial charge < -0.3 is 30.3 Å². The van der Waals surface area contributed by atoms with Crippen LogP contribution in [0, 0.1) is 0 Å². The molecule has 1 rings (SSSR count). The minimum atomic E-state index is -1.57. The topological polar surface area (TPSA) is 110 Å². The third-order valence-corrected chi connectivity index (χ3v) is 1.87. The molecule has 12 heavy (non-hydrogen) atoms. The molecule has 1 heterocycles. The van der Waals surface area contributed by atoms with Crippen molar-refractivity contribution in [2.75, 3.05) is 6.61 Å². The Kier molecular flexibility index (Phi) is 2.99. The average Bonchev–Trinajstić information content (AvgIpc) is 2.08. The van der Waals surface area contributed by atoms with Crippen molar-refractivity contribution in [1.29, 1.82) is 0 Å². The number of aliphatic hydroxyl groups excluding tert-OH is 5. The first-order valence-electron chi connectivity index (χ1n) is 3.56. The van der Waals surface area contributed by atoms with E-state index in [9.17, 15) is 0 Å². The second-order valence-electron chi connectivity index (χ2n) is 2.72. The fourth-order valence-electron chi connectivity index (χ4n) is 1.08. The minimum absolute atomic E-state index is 0.526. The molecule has 0 amide bonds. The van der Waals surface area contributed by atoms with Gasteiger partial charge in [-0.25, -0.2) is 0 Å². The molecule has 0 radical (unpaired) electrons. The van der Waals surface area contributed by atoms with Crippen molar-refractivity contribution >= 4 is 0 Å². The molecule has 0 aliphatic carbocycles. The summed E-state index contributed by atoms with van der Waals surface area (Å²) in [6.07, 6.45) is -7.04. The third kappa shape index (κ3) is 1.58. The largest absolute Gasteiger partial charge is 0.394 e. The van der Waals surface area contributed by atoms with Gasteiger partial charge in [0.2, 0.25) is 0 Å². The van der Waals surface area contributed by atoms with Gasteiger partial charge in [-0.05, 0) is 0 Å². The zero-order chi connectivity index (χ0) is 9.30. The molecule has 2 unspecified atom stereocenters. The fourth-order valence-corrected chi connectivity index (χ4v) is 1.08. The van der Waals surface area contributed by atoms with Crippen LogP contribution >= 0.6 is 0 Å². The first-order chi connectivity index (χ1) is 5.57. The monoisotopic (exact) mass is 180 g/mol. The Balaban J connectivity index is 2.63. The normalized spacial score (nSPS) is 49.2. The van der Waals surface area contributed by atoms with Crippen molar-refractivity contribution in [3.8, 4) is 0 Å². The van der Waals surface area contributed by atoms with E-state index in [1.807, 2.05) is 0 Å². The smallest absolute Gasteiger partial charge is 0.184 e. The maximum Gasteiger partial charge on any atom is 0.184 e. The molecule has 6 heteroatoms. The Morgan fingerprint density at radius 3 is 2.00 bits per heavy atom. The van der Waals surface area contributed by atoms with Gasteiger partial charge in [0.15, 0.2) is 6.29 Å². The van der Waals surface area contributed by atoms with Crippen LogP contribution in [-0.4, -0.2) is 62.8 Å². The van der Waals surface area contributed by atoms with Gasteiger partial charge in [0.1, 0.15) is 24.4 Å². The molecule has 0 spiro atoms. The maximum absolute atomic E-state index is 9.12. The molecule has 1 aliphatic heterocycles. The molecule has 0 bridgehead atoms. The molecule has 5 N–H and O–H groups in total. The number of hydrogen-bond donors (Lipinski definition) is 5. The summed E-state index contributed by atoms with van der Waals surface area (Å²) in [5.74, 6) is 0. The van der Waals surface area contributed by atoms with E-state index in [2.05, 4.69) is 4.74 Å². The molecule has 6 nitrogen and oxygen atoms in total. The third-order valence-electron chi connectivity index (χ3n) is 1.87. The first kappa shape index (κ1) is 9.85. The number of rotatable bonds is 1. The van der Waals surface area contributed by atoms with Crippen LogP contribution in [0.3, 0.4) is 0 Å². The van der Waals surface area contributed by atoms with Crippen molar-refractivity contribution in [3.63, 3.8) is 0 Å². The van der Waals surface area contributed by atoms with Crippen LogP contribution in [0.15, 0.2) is 0 Å². The van der Waals surface area contributed by atoms with E-state index in [0.29, 0.717) is 0 Å². The molecular weight excluding hydrogens is 168 g/mol. The average molecular weight is 180 g/mol. The zero-order valence-corrected chi connectivity index (χ0v) is 6.24. The highest BCUT2D eigenvalue weighted by molar-refractivity contribution is 4.87. The van der Waals surface area contributed by atoms with Gasteiger partial charge in [0.25, 0.3) is 0 Å². The van der Waals surface area contributed by atoms with Gasteiger partial charge in [-0.1, -0.05) is 0 Å². The van der Waals surface area contributed by atoms with Gasteiger partial charge in [-0.3, -0.25) is 0 Å². The molecule has 1 fully saturated rings. The molecule has 0 saturated carbocycles. The lowest BCUT2D eigenvalue weighted by Gasteiger charge is -2.37. The van der Waals surface area contributed by atoms with Gasteiger partial charge in [-0.2, -0.15) is 0 Å². The summed E-state index contributed by atoms with van der Waals surface area (Å²) in [5, 5.41) is 44.7. The van der Waals surface area contributed by atoms with Crippen LogP contribution in [0.1, 0.15) is 0 Å². The van der Waals surface area contributed by atoms with Gasteiger partial charge in [0.05, 0.1) is 6.61 Å². The molecule has 72 valence electrons. The lowest BCUT2D eigenvalue weighted by atomic mass is 10.00. The van der Waals surface area contributed by atoms with Crippen LogP contribution in [-0.2, 0) is 4.74 Å². The molecule has 1 aliphatic rings. The SMILES string of the molecule is OC[C@H]1OC(O)C(O)[C@H](O)[C@@H]1O. The van der Waals surface area contributed by atoms with E-state index in [0.717, 1.165) is 0 Å². The number of aliphatic hydroxyl groups is 5. The molecule has 0 aromatic carbocycles. The zero-order valence-electron chi connectivity index (χ0n) is 6.24. The van der Waals surface area contributed by atoms with Crippen molar-refractivity contribution in [2.24, 2.45) is 0 Å². The van der Waals surface area contributed by atoms with E-state index < -0.39 is 37.3 Å². The van der Waals surface area contributed by atoms with Crippen molar-refractivity contribution in [2.45, 2.75) is 30.7 Å². The summed E-state index contributed by atoms with van der Waals surface area (Å²) in [6, 6.07) is 0. The standard InChI is InChI=1S/C6H12O6/c7-1-2-3(8)4(9)5(10)6(11)12-2/h2-11H,1H2/t2-,3-,4-,5?,6?/m1/s1. The van der Waals surface area contributed by atoms with Crippen LogP contribution in [0.4, 0.5) is 0 Å². The highest BCUT2D eigenvalue weighted by atomic mass is 16.6. The highest BCUT2D eigenvalue weighted by Crippen LogP contribution is 2.18. The second-order valence-corrected chi connectivity index (χ2v) is 2.72. The second kappa shape index (κ2) is 3.65. The highest BCUT2D eigenvalue weighted by Gasteiger charge is 2.42. The number of ether oxygens (including phenoxy) is 1. The van der Waals surface area contributed by atoms with E-state index in [1.54, 1.807) is 0 Å². The van der Waals surface area contributed by atoms with E-state index >= 15 is 0 Å². The molecule has 0 aromatic heterocycles. The lowest BCUT2D eigenvalue weighted by Crippen LogP contribution is -2.58. The Bertz CT molecular complexity index is 146.